The van der Waals surface area contributed by atoms with E-state index in [-0.39, 0.29) is 62.2 Å². The number of nitriles is 1. The molecule has 7 rings (SSSR count). The van der Waals surface area contributed by atoms with Crippen LogP contribution < -0.4 is 9.47 Å². The van der Waals surface area contributed by atoms with E-state index in [1.807, 2.05) is 42.5 Å². The van der Waals surface area contributed by atoms with Gasteiger partial charge in [-0.15, -0.1) is 6.58 Å². The van der Waals surface area contributed by atoms with Gasteiger partial charge in [0.25, 0.3) is 11.6 Å². The van der Waals surface area contributed by atoms with Crippen molar-refractivity contribution in [2.75, 3.05) is 26.9 Å². The van der Waals surface area contributed by atoms with E-state index in [4.69, 9.17) is 24.2 Å². The van der Waals surface area contributed by atoms with Gasteiger partial charge in [-0.3, -0.25) is 14.9 Å². The summed E-state index contributed by atoms with van der Waals surface area (Å²) in [5, 5.41) is 45.8. The van der Waals surface area contributed by atoms with Crippen molar-refractivity contribution in [3.05, 3.63) is 154 Å². The van der Waals surface area contributed by atoms with Crippen LogP contribution in [0.2, 0.25) is 0 Å². The fraction of sp³-hybridized carbons (Fsp3) is 0.367. The lowest BCUT2D eigenvalue weighted by atomic mass is 9.55. The fourth-order valence-electron chi connectivity index (χ4n) is 9.38. The number of carbonyl (C=O) groups is 1. The minimum absolute atomic E-state index is 0.00905. The van der Waals surface area contributed by atoms with E-state index in [9.17, 15) is 30.4 Å². The maximum atomic E-state index is 14.6. The van der Waals surface area contributed by atoms with Crippen LogP contribution in [0.3, 0.4) is 0 Å². The van der Waals surface area contributed by atoms with Crippen LogP contribution in [0.25, 0.3) is 0 Å². The smallest absolute Gasteiger partial charge is 0.273 e. The average Bonchev–Trinajstić information content (AvgIpc) is 3.29. The van der Waals surface area contributed by atoms with E-state index >= 15 is 0 Å². The number of ether oxygens (including phenoxy) is 3. The number of fused-ring (bicyclic) bond motifs is 2. The largest absolute Gasteiger partial charge is 0.459 e. The van der Waals surface area contributed by atoms with Crippen molar-refractivity contribution >= 4 is 17.3 Å². The highest BCUT2D eigenvalue weighted by Crippen LogP contribution is 2.62. The zero-order chi connectivity index (χ0) is 43.6. The zero-order valence-electron chi connectivity index (χ0n) is 34.8. The molecule has 13 heteroatoms. The third kappa shape index (κ3) is 9.28. The summed E-state index contributed by atoms with van der Waals surface area (Å²) >= 11 is 0. The molecule has 62 heavy (non-hydrogen) atoms. The average molecular weight is 841 g/mol. The lowest BCUT2D eigenvalue weighted by Gasteiger charge is -2.59. The molecule has 2 N–H and O–H groups in total. The number of aliphatic hydroxyl groups excluding tert-OH is 2. The number of likely N-dealkylation sites (N-methyl/N-ethyl adjacent to an activating group) is 1. The van der Waals surface area contributed by atoms with Crippen molar-refractivity contribution in [2.45, 2.75) is 69.3 Å². The van der Waals surface area contributed by atoms with Crippen LogP contribution in [0.1, 0.15) is 77.9 Å². The molecule has 6 atom stereocenters. The summed E-state index contributed by atoms with van der Waals surface area (Å²) in [5.41, 5.74) is 4.03. The first-order valence-corrected chi connectivity index (χ1v) is 21.1. The summed E-state index contributed by atoms with van der Waals surface area (Å²) < 4.78 is 20.5. The molecule has 0 spiro atoms. The Morgan fingerprint density at radius 3 is 2.45 bits per heavy atom. The Kier molecular flexibility index (Phi) is 14.1. The van der Waals surface area contributed by atoms with Crippen LogP contribution >= 0.6 is 0 Å². The summed E-state index contributed by atoms with van der Waals surface area (Å²) in [6, 6.07) is 29.1. The molecule has 0 radical (unpaired) electrons. The maximum Gasteiger partial charge on any atom is 0.273 e. The van der Waals surface area contributed by atoms with E-state index in [1.54, 1.807) is 60.5 Å². The molecule has 13 nitrogen and oxygen atoms in total. The molecule has 6 unspecified atom stereocenters. The minimum atomic E-state index is -1.47. The summed E-state index contributed by atoms with van der Waals surface area (Å²) in [5.74, 6) is -1.36. The quantitative estimate of drug-likeness (QED) is 0.0401. The van der Waals surface area contributed by atoms with Crippen LogP contribution in [0.15, 0.2) is 127 Å². The summed E-state index contributed by atoms with van der Waals surface area (Å²) in [4.78, 5) is 33.5. The molecule has 4 aromatic carbocycles. The normalized spacial score (nSPS) is 22.8. The van der Waals surface area contributed by atoms with Crippen LogP contribution in [0.4, 0.5) is 5.69 Å². The number of hydrogen-bond donors (Lipinski definition) is 2. The van der Waals surface area contributed by atoms with Crippen molar-refractivity contribution < 1.29 is 39.0 Å². The second-order valence-electron chi connectivity index (χ2n) is 16.0. The van der Waals surface area contributed by atoms with Crippen molar-refractivity contribution in [3.63, 3.8) is 0 Å². The molecular weight excluding hydrogens is 789 g/mol. The predicted octanol–water partition coefficient (Wildman–Crippen LogP) is 8.86. The van der Waals surface area contributed by atoms with Crippen molar-refractivity contribution in [1.82, 2.24) is 4.90 Å². The number of amides is 1. The number of unbranched alkanes of at least 4 members (excludes halogenated alkanes) is 2. The standard InChI is InChI=1S/C49H52N4O9/c1-3-26-59-49-45(52(2)48(56)35-20-18-33(31-50)19-21-35)30-43(51-60-32-34-12-5-4-6-13-34)41-27-36(14-7-9-24-54)40(17-8-10-25-55)46(47(41)49)42-29-39(22-23-44(42)62-49)61-38-16-11-15-37(28-38)53(57)58/h3-6,11-13,15-16,18-23,27-29,36,40,45-47,54-55H,1,7-10,14,17,24-26,30,32H2,2H3. The van der Waals surface area contributed by atoms with E-state index in [1.165, 1.54) is 12.1 Å². The zero-order valence-corrected chi connectivity index (χ0v) is 34.8. The van der Waals surface area contributed by atoms with Gasteiger partial charge < -0.3 is 34.2 Å². The SMILES string of the molecule is C=CCOC12Oc3ccc(Oc4cccc([N+](=O)[O-])c4)cc3C3C(CCCCO)C(CCCCO)C=C(C(=NOCc4ccccc4)CC1N(C)C(=O)c1ccc(C#N)cc1)C32. The molecule has 3 aliphatic rings. The minimum Gasteiger partial charge on any atom is -0.459 e. The third-order valence-corrected chi connectivity index (χ3v) is 12.2. The van der Waals surface area contributed by atoms with Gasteiger partial charge >= 0.3 is 0 Å². The van der Waals surface area contributed by atoms with Gasteiger partial charge in [-0.05, 0) is 97.2 Å². The van der Waals surface area contributed by atoms with Crippen molar-refractivity contribution in [1.29, 1.82) is 5.26 Å². The van der Waals surface area contributed by atoms with Gasteiger partial charge in [-0.2, -0.15) is 5.26 Å². The van der Waals surface area contributed by atoms with Crippen LogP contribution in [-0.4, -0.2) is 70.4 Å². The first kappa shape index (κ1) is 43.7. The molecule has 322 valence electrons. The number of benzene rings is 4. The Hall–Kier alpha value is -6.33. The number of non-ortho nitro benzene ring substituents is 1. The predicted molar refractivity (Wildman–Crippen MR) is 233 cm³/mol. The monoisotopic (exact) mass is 840 g/mol. The summed E-state index contributed by atoms with van der Waals surface area (Å²) in [6.45, 7) is 4.42. The van der Waals surface area contributed by atoms with Gasteiger partial charge in [0, 0.05) is 49.8 Å². The second kappa shape index (κ2) is 20.0. The van der Waals surface area contributed by atoms with E-state index in [0.29, 0.717) is 46.9 Å². The molecular formula is C49H52N4O9. The number of carbonyl (C=O) groups excluding carboxylic acids is 1. The van der Waals surface area contributed by atoms with Crippen LogP contribution in [0, 0.1) is 39.2 Å². The van der Waals surface area contributed by atoms with E-state index in [0.717, 1.165) is 42.4 Å². The van der Waals surface area contributed by atoms with E-state index in [2.05, 4.69) is 18.7 Å². The number of nitro groups is 1. The molecule has 0 bridgehead atoms. The summed E-state index contributed by atoms with van der Waals surface area (Å²) in [7, 11) is 1.73. The van der Waals surface area contributed by atoms with Gasteiger partial charge in [-0.25, -0.2) is 0 Å². The Labute approximate surface area is 361 Å². The number of nitrogens with zero attached hydrogens (tertiary/aromatic N) is 4. The second-order valence-corrected chi connectivity index (χ2v) is 16.0. The molecule has 1 heterocycles. The first-order valence-electron chi connectivity index (χ1n) is 21.1. The van der Waals surface area contributed by atoms with Crippen LogP contribution in [-0.2, 0) is 16.2 Å². The van der Waals surface area contributed by atoms with Gasteiger partial charge in [0.2, 0.25) is 5.79 Å². The number of aliphatic hydroxyl groups is 2. The van der Waals surface area contributed by atoms with Gasteiger partial charge in [0.15, 0.2) is 0 Å². The topological polar surface area (TPSA) is 177 Å². The lowest BCUT2D eigenvalue weighted by Crippen LogP contribution is -2.69. The Morgan fingerprint density at radius 1 is 1.00 bits per heavy atom. The van der Waals surface area contributed by atoms with Crippen LogP contribution in [0.5, 0.6) is 17.2 Å². The molecule has 0 saturated heterocycles. The number of nitro benzene ring substituents is 1. The van der Waals surface area contributed by atoms with Crippen molar-refractivity contribution in [2.24, 2.45) is 22.9 Å². The molecule has 1 saturated carbocycles. The number of rotatable bonds is 19. The fourth-order valence-corrected chi connectivity index (χ4v) is 9.38. The molecule has 2 aliphatic carbocycles. The number of allylic oxidation sites excluding steroid dienone is 1. The highest BCUT2D eigenvalue weighted by Gasteiger charge is 2.65. The maximum absolute atomic E-state index is 14.6. The molecule has 0 aromatic heterocycles. The molecule has 1 amide bonds. The Balaban J connectivity index is 1.42. The van der Waals surface area contributed by atoms with Gasteiger partial charge in [0.1, 0.15) is 29.9 Å². The third-order valence-electron chi connectivity index (χ3n) is 12.2. The number of hydrogen-bond acceptors (Lipinski definition) is 11. The Bertz CT molecular complexity index is 2330. The Morgan fingerprint density at radius 2 is 1.74 bits per heavy atom. The molecule has 1 aliphatic heterocycles. The first-order chi connectivity index (χ1) is 30.2. The van der Waals surface area contributed by atoms with E-state index < -0.39 is 22.7 Å². The molecule has 4 aromatic rings. The summed E-state index contributed by atoms with van der Waals surface area (Å²) in [6.07, 6.45) is 8.42. The number of oxime groups is 1. The van der Waals surface area contributed by atoms with Gasteiger partial charge in [0.05, 0.1) is 40.9 Å². The highest BCUT2D eigenvalue weighted by atomic mass is 16.7. The van der Waals surface area contributed by atoms with Crippen molar-refractivity contribution in [3.8, 4) is 23.3 Å². The van der Waals surface area contributed by atoms with Gasteiger partial charge in [-0.1, -0.05) is 66.5 Å². The lowest BCUT2D eigenvalue weighted by molar-refractivity contribution is -0.384. The highest BCUT2D eigenvalue weighted by molar-refractivity contribution is 6.03. The molecule has 1 fully saturated rings.